The van der Waals surface area contributed by atoms with E-state index >= 15 is 0 Å². The zero-order chi connectivity index (χ0) is 32.6. The van der Waals surface area contributed by atoms with Crippen molar-refractivity contribution in [1.29, 1.82) is 0 Å². The topological polar surface area (TPSA) is 159 Å². The van der Waals surface area contributed by atoms with Crippen LogP contribution in [0.5, 0.6) is 5.75 Å². The predicted octanol–water partition coefficient (Wildman–Crippen LogP) is 0.988. The zero-order valence-corrected chi connectivity index (χ0v) is 29.8. The number of rotatable bonds is 13. The fraction of sp³-hybridized carbons (Fsp3) is 0.212. The molecular weight excluding hydrogens is 638 g/mol. The van der Waals surface area contributed by atoms with Crippen LogP contribution >= 0.6 is 0 Å². The van der Waals surface area contributed by atoms with Crippen LogP contribution in [0.15, 0.2) is 96.1 Å². The molecule has 0 heterocycles. The molecule has 3 aromatic rings. The van der Waals surface area contributed by atoms with E-state index in [1.165, 1.54) is 0 Å². The van der Waals surface area contributed by atoms with E-state index < -0.39 is 26.0 Å². The summed E-state index contributed by atoms with van der Waals surface area (Å²) in [6, 6.07) is 21.5. The summed E-state index contributed by atoms with van der Waals surface area (Å²) in [5.41, 5.74) is 8.74. The van der Waals surface area contributed by atoms with Gasteiger partial charge in [0.1, 0.15) is 26.0 Å². The first-order chi connectivity index (χ1) is 21.3. The molecule has 0 unspecified atom stereocenters. The summed E-state index contributed by atoms with van der Waals surface area (Å²) in [5, 5.41) is 6.41. The van der Waals surface area contributed by atoms with Gasteiger partial charge in [0.05, 0.1) is 12.4 Å². The van der Waals surface area contributed by atoms with Gasteiger partial charge in [-0.05, 0) is 109 Å². The molecule has 0 aromatic heterocycles. The van der Waals surface area contributed by atoms with Crippen LogP contribution in [-0.2, 0) is 20.2 Å². The molecule has 0 saturated heterocycles. The van der Waals surface area contributed by atoms with Gasteiger partial charge in [-0.1, -0.05) is 24.7 Å². The third-order valence-corrected chi connectivity index (χ3v) is 8.20. The maximum Gasteiger partial charge on any atom is 1.00 e. The molecule has 46 heavy (non-hydrogen) atoms. The van der Waals surface area contributed by atoms with E-state index in [1.807, 2.05) is 106 Å². The molecule has 0 amide bonds. The molecule has 4 rings (SSSR count). The third-order valence-electron chi connectivity index (χ3n) is 6.91. The summed E-state index contributed by atoms with van der Waals surface area (Å²) in [7, 11) is -8.53. The molecule has 0 spiro atoms. The molecule has 10 nitrogen and oxygen atoms in total. The molecule has 3 aromatic carbocycles. The minimum absolute atomic E-state index is 0. The fourth-order valence-corrected chi connectivity index (χ4v) is 5.44. The van der Waals surface area contributed by atoms with Crippen molar-refractivity contribution in [1.82, 2.24) is 0 Å². The number of hydrogen-bond acceptors (Lipinski definition) is 8. The normalized spacial score (nSPS) is 15.2. The van der Waals surface area contributed by atoms with Gasteiger partial charge in [0.2, 0.25) is 5.71 Å². The van der Waals surface area contributed by atoms with Crippen LogP contribution in [0, 0.1) is 12.7 Å². The summed E-state index contributed by atoms with van der Waals surface area (Å²) in [6.07, 6.45) is 5.79. The SMILES string of the molecule is CCOc1ccc(Nc2ccc(/C(=C3/C=CC(=[NH+]CCS(=O)(=O)[O-])C(C)=C3)c3ccc(NC[CH-]S(=O)(=O)O)c(C)c3)cc2)cc1.[Na+]. The Hall–Kier alpha value is -3.23. The van der Waals surface area contributed by atoms with Crippen LogP contribution in [0.25, 0.3) is 5.57 Å². The molecule has 238 valence electrons. The van der Waals surface area contributed by atoms with Crippen LogP contribution in [-0.4, -0.2) is 57.1 Å². The van der Waals surface area contributed by atoms with Crippen molar-refractivity contribution in [3.63, 3.8) is 0 Å². The summed E-state index contributed by atoms with van der Waals surface area (Å²) in [6.45, 7) is 6.30. The largest absolute Gasteiger partial charge is 1.00 e. The zero-order valence-electron chi connectivity index (χ0n) is 26.2. The number of allylic oxidation sites excluding steroid dienone is 5. The third kappa shape index (κ3) is 11.2. The number of anilines is 3. The van der Waals surface area contributed by atoms with E-state index in [-0.39, 0.29) is 42.6 Å². The second-order valence-corrected chi connectivity index (χ2v) is 13.2. The molecule has 0 radical (unpaired) electrons. The molecule has 13 heteroatoms. The van der Waals surface area contributed by atoms with Crippen LogP contribution < -0.4 is 49.9 Å². The first kappa shape index (κ1) is 37.2. The van der Waals surface area contributed by atoms with Gasteiger partial charge in [-0.3, -0.25) is 0 Å². The molecule has 0 fully saturated rings. The number of benzene rings is 3. The Morgan fingerprint density at radius 2 is 1.57 bits per heavy atom. The van der Waals surface area contributed by atoms with Crippen LogP contribution in [0.2, 0.25) is 0 Å². The molecular formula is C33H36N3NaO7S2. The standard InChI is InChI=1S/C33H36N3O7S2.Na/c1-4-43-30-13-11-29(12-14-30)36-28-9-5-25(6-10-28)33(26-7-15-31(23(2)21-26)34-17-19-44(37,38)39)27-8-16-32(24(3)22-27)35-18-20-45(40,41)42;/h5-16,19,21-22,34,36H,4,17-18,20H2,1-3H3,(H,37,38,39)(H,40,41,42);/q-1;+1/b33-27+,35-32?;. The van der Waals surface area contributed by atoms with Gasteiger partial charge < -0.3 is 24.5 Å². The summed E-state index contributed by atoms with van der Waals surface area (Å²) in [4.78, 5) is 3.03. The smallest absolute Gasteiger partial charge is 0.748 e. The molecule has 4 N–H and O–H groups in total. The maximum atomic E-state index is 11.1. The monoisotopic (exact) mass is 673 g/mol. The quantitative estimate of drug-likeness (QED) is 0.118. The van der Waals surface area contributed by atoms with Crippen molar-refractivity contribution in [3.8, 4) is 5.75 Å². The van der Waals surface area contributed by atoms with E-state index in [1.54, 1.807) is 0 Å². The molecule has 0 atom stereocenters. The van der Waals surface area contributed by atoms with Crippen LogP contribution in [0.1, 0.15) is 30.5 Å². The average molecular weight is 674 g/mol. The Morgan fingerprint density at radius 3 is 2.13 bits per heavy atom. The van der Waals surface area contributed by atoms with Gasteiger partial charge in [0.25, 0.3) is 0 Å². The number of nitrogens with one attached hydrogen (secondary N) is 3. The molecule has 1 aliphatic carbocycles. The van der Waals surface area contributed by atoms with Crippen LogP contribution in [0.3, 0.4) is 0 Å². The minimum atomic E-state index is -4.33. The number of aryl methyl sites for hydroxylation is 1. The Balaban J connectivity index is 0.00000576. The minimum Gasteiger partial charge on any atom is -0.748 e. The molecule has 1 aliphatic rings. The van der Waals surface area contributed by atoms with Crippen LogP contribution in [0.4, 0.5) is 17.1 Å². The fourth-order valence-electron chi connectivity index (χ4n) is 4.79. The number of hydrogen-bond donors (Lipinski definition) is 4. The second-order valence-electron chi connectivity index (χ2n) is 10.3. The van der Waals surface area contributed by atoms with Crippen molar-refractivity contribution >= 4 is 48.6 Å². The van der Waals surface area contributed by atoms with Gasteiger partial charge in [0.15, 0.2) is 6.54 Å². The van der Waals surface area contributed by atoms with Gasteiger partial charge >= 0.3 is 29.6 Å². The first-order valence-electron chi connectivity index (χ1n) is 14.2. The van der Waals surface area contributed by atoms with Crippen molar-refractivity contribution < 1.29 is 65.2 Å². The maximum absolute atomic E-state index is 11.1. The average Bonchev–Trinajstić information content (AvgIpc) is 2.96. The summed E-state index contributed by atoms with van der Waals surface area (Å²) < 4.78 is 69.8. The Morgan fingerprint density at radius 1 is 0.935 bits per heavy atom. The van der Waals surface area contributed by atoms with Gasteiger partial charge in [-0.25, -0.2) is 21.8 Å². The van der Waals surface area contributed by atoms with Crippen molar-refractivity contribution in [2.45, 2.75) is 20.8 Å². The van der Waals surface area contributed by atoms with E-state index in [2.05, 4.69) is 15.6 Å². The van der Waals surface area contributed by atoms with E-state index in [4.69, 9.17) is 9.29 Å². The van der Waals surface area contributed by atoms with Gasteiger partial charge in [-0.15, -0.1) is 0 Å². The Kier molecular flexibility index (Phi) is 13.4. The summed E-state index contributed by atoms with van der Waals surface area (Å²) >= 11 is 0. The Bertz CT molecular complexity index is 1870. The molecule has 0 aliphatic heterocycles. The van der Waals surface area contributed by atoms with Gasteiger partial charge in [-0.2, -0.15) is 5.75 Å². The Labute approximate surface area is 293 Å². The second kappa shape index (κ2) is 16.6. The van der Waals surface area contributed by atoms with E-state index in [0.717, 1.165) is 67.7 Å². The van der Waals surface area contributed by atoms with E-state index in [0.29, 0.717) is 6.61 Å². The first-order valence-corrected chi connectivity index (χ1v) is 17.3. The van der Waals surface area contributed by atoms with Crippen molar-refractivity contribution in [2.24, 2.45) is 0 Å². The van der Waals surface area contributed by atoms with E-state index in [9.17, 15) is 21.4 Å². The number of ether oxygens (including phenoxy) is 1. The van der Waals surface area contributed by atoms with Gasteiger partial charge in [0, 0.05) is 28.7 Å². The molecule has 0 saturated carbocycles. The van der Waals surface area contributed by atoms with Crippen molar-refractivity contribution in [2.75, 3.05) is 36.1 Å². The predicted molar refractivity (Wildman–Crippen MR) is 177 cm³/mol. The summed E-state index contributed by atoms with van der Waals surface area (Å²) in [5.74, 6) is 1.09. The molecule has 0 bridgehead atoms. The van der Waals surface area contributed by atoms with Crippen molar-refractivity contribution in [3.05, 3.63) is 119 Å².